The third-order valence-electron chi connectivity index (χ3n) is 3.66. The highest BCUT2D eigenvalue weighted by Crippen LogP contribution is 2.16. The number of nitrogens with zero attached hydrogens (tertiary/aromatic N) is 1. The molecule has 0 aliphatic rings. The summed E-state index contributed by atoms with van der Waals surface area (Å²) in [6.07, 6.45) is 0. The van der Waals surface area contributed by atoms with E-state index >= 15 is 0 Å². The summed E-state index contributed by atoms with van der Waals surface area (Å²) in [4.78, 5) is 26.0. The van der Waals surface area contributed by atoms with Crippen LogP contribution in [0.2, 0.25) is 0 Å². The average Bonchev–Trinajstić information content (AvgIpc) is 2.61. The number of carbonyl (C=O) groups is 2. The van der Waals surface area contributed by atoms with Crippen LogP contribution in [0.1, 0.15) is 12.5 Å². The SMILES string of the molecule is CCN(CC(=O)Nc1cccc(OC)c1)C(=O)Nc1ccc(C)cc1. The quantitative estimate of drug-likeness (QED) is 0.845. The van der Waals surface area contributed by atoms with Crippen molar-refractivity contribution in [3.8, 4) is 5.75 Å². The summed E-state index contributed by atoms with van der Waals surface area (Å²) in [5.74, 6) is 0.386. The number of hydrogen-bond donors (Lipinski definition) is 2. The van der Waals surface area contributed by atoms with Crippen molar-refractivity contribution < 1.29 is 14.3 Å². The molecule has 132 valence electrons. The smallest absolute Gasteiger partial charge is 0.322 e. The molecule has 2 N–H and O–H groups in total. The lowest BCUT2D eigenvalue weighted by Gasteiger charge is -2.21. The molecular weight excluding hydrogens is 318 g/mol. The zero-order valence-electron chi connectivity index (χ0n) is 14.7. The Labute approximate surface area is 147 Å². The number of methoxy groups -OCH3 is 1. The number of carbonyl (C=O) groups excluding carboxylic acids is 2. The lowest BCUT2D eigenvalue weighted by molar-refractivity contribution is -0.116. The number of amides is 3. The van der Waals surface area contributed by atoms with Crippen molar-refractivity contribution in [2.75, 3.05) is 30.8 Å². The number of anilines is 2. The summed E-state index contributed by atoms with van der Waals surface area (Å²) >= 11 is 0. The van der Waals surface area contributed by atoms with Crippen molar-refractivity contribution in [1.29, 1.82) is 0 Å². The van der Waals surface area contributed by atoms with Gasteiger partial charge in [0, 0.05) is 24.0 Å². The first-order valence-electron chi connectivity index (χ1n) is 8.08. The molecule has 6 heteroatoms. The molecule has 2 aromatic rings. The van der Waals surface area contributed by atoms with Gasteiger partial charge in [0.2, 0.25) is 5.91 Å². The maximum absolute atomic E-state index is 12.3. The molecule has 0 saturated carbocycles. The van der Waals surface area contributed by atoms with Gasteiger partial charge in [0.25, 0.3) is 0 Å². The van der Waals surface area contributed by atoms with Crippen LogP contribution in [0.4, 0.5) is 16.2 Å². The lowest BCUT2D eigenvalue weighted by atomic mass is 10.2. The zero-order chi connectivity index (χ0) is 18.2. The van der Waals surface area contributed by atoms with Crippen LogP contribution in [0.5, 0.6) is 5.75 Å². The number of rotatable bonds is 6. The van der Waals surface area contributed by atoms with Gasteiger partial charge >= 0.3 is 6.03 Å². The molecule has 0 spiro atoms. The normalized spacial score (nSPS) is 10.0. The van der Waals surface area contributed by atoms with Gasteiger partial charge in [0.15, 0.2) is 0 Å². The minimum Gasteiger partial charge on any atom is -0.497 e. The number of hydrogen-bond acceptors (Lipinski definition) is 3. The van der Waals surface area contributed by atoms with E-state index in [0.717, 1.165) is 5.56 Å². The van der Waals surface area contributed by atoms with Crippen molar-refractivity contribution in [2.45, 2.75) is 13.8 Å². The summed E-state index contributed by atoms with van der Waals surface area (Å²) in [6.45, 7) is 4.19. The first kappa shape index (κ1) is 18.3. The van der Waals surface area contributed by atoms with E-state index in [1.165, 1.54) is 4.90 Å². The molecule has 0 unspecified atom stereocenters. The van der Waals surface area contributed by atoms with Crippen molar-refractivity contribution in [1.82, 2.24) is 4.90 Å². The molecule has 0 fully saturated rings. The molecule has 0 aliphatic carbocycles. The Balaban J connectivity index is 1.94. The fraction of sp³-hybridized carbons (Fsp3) is 0.263. The number of ether oxygens (including phenoxy) is 1. The number of urea groups is 1. The van der Waals surface area contributed by atoms with Gasteiger partial charge in [-0.3, -0.25) is 4.79 Å². The maximum atomic E-state index is 12.3. The van der Waals surface area contributed by atoms with E-state index in [4.69, 9.17) is 4.74 Å². The number of likely N-dealkylation sites (N-methyl/N-ethyl adjacent to an activating group) is 1. The van der Waals surface area contributed by atoms with Crippen LogP contribution in [-0.2, 0) is 4.79 Å². The van der Waals surface area contributed by atoms with E-state index in [1.54, 1.807) is 31.4 Å². The summed E-state index contributed by atoms with van der Waals surface area (Å²) < 4.78 is 5.13. The predicted octanol–water partition coefficient (Wildman–Crippen LogP) is 3.50. The van der Waals surface area contributed by atoms with Crippen molar-refractivity contribution in [2.24, 2.45) is 0 Å². The van der Waals surface area contributed by atoms with Crippen molar-refractivity contribution in [3.05, 3.63) is 54.1 Å². The second-order valence-electron chi connectivity index (χ2n) is 5.59. The fourth-order valence-electron chi connectivity index (χ4n) is 2.24. The van der Waals surface area contributed by atoms with E-state index in [1.807, 2.05) is 38.1 Å². The van der Waals surface area contributed by atoms with Gasteiger partial charge in [-0.2, -0.15) is 0 Å². The Hall–Kier alpha value is -3.02. The highest BCUT2D eigenvalue weighted by Gasteiger charge is 2.16. The largest absolute Gasteiger partial charge is 0.497 e. The zero-order valence-corrected chi connectivity index (χ0v) is 14.7. The molecule has 25 heavy (non-hydrogen) atoms. The molecule has 0 heterocycles. The molecule has 0 radical (unpaired) electrons. The van der Waals surface area contributed by atoms with Crippen LogP contribution < -0.4 is 15.4 Å². The Kier molecular flexibility index (Phi) is 6.39. The van der Waals surface area contributed by atoms with E-state index < -0.39 is 0 Å². The number of nitrogens with one attached hydrogen (secondary N) is 2. The van der Waals surface area contributed by atoms with Crippen LogP contribution in [0.15, 0.2) is 48.5 Å². The minimum atomic E-state index is -0.313. The molecule has 0 saturated heterocycles. The van der Waals surface area contributed by atoms with Gasteiger partial charge in [-0.1, -0.05) is 23.8 Å². The van der Waals surface area contributed by atoms with Gasteiger partial charge in [-0.15, -0.1) is 0 Å². The van der Waals surface area contributed by atoms with Crippen LogP contribution in [0.3, 0.4) is 0 Å². The standard InChI is InChI=1S/C19H23N3O3/c1-4-22(19(24)21-15-10-8-14(2)9-11-15)13-18(23)20-16-6-5-7-17(12-16)25-3/h5-12H,4,13H2,1-3H3,(H,20,23)(H,21,24). The van der Waals surface area contributed by atoms with Crippen LogP contribution in [0, 0.1) is 6.92 Å². The third-order valence-corrected chi connectivity index (χ3v) is 3.66. The van der Waals surface area contributed by atoms with Gasteiger partial charge in [0.1, 0.15) is 12.3 Å². The van der Waals surface area contributed by atoms with E-state index in [-0.39, 0.29) is 18.5 Å². The molecule has 0 aliphatic heterocycles. The minimum absolute atomic E-state index is 0.0363. The monoisotopic (exact) mass is 341 g/mol. The second-order valence-corrected chi connectivity index (χ2v) is 5.59. The summed E-state index contributed by atoms with van der Waals surface area (Å²) in [6, 6.07) is 14.3. The topological polar surface area (TPSA) is 70.7 Å². The Morgan fingerprint density at radius 2 is 1.76 bits per heavy atom. The van der Waals surface area contributed by atoms with Crippen LogP contribution in [-0.4, -0.2) is 37.0 Å². The summed E-state index contributed by atoms with van der Waals surface area (Å²) in [5.41, 5.74) is 2.43. The lowest BCUT2D eigenvalue weighted by Crippen LogP contribution is -2.40. The maximum Gasteiger partial charge on any atom is 0.322 e. The van der Waals surface area contributed by atoms with Crippen molar-refractivity contribution in [3.63, 3.8) is 0 Å². The predicted molar refractivity (Wildman–Crippen MR) is 99.1 cm³/mol. The highest BCUT2D eigenvalue weighted by atomic mass is 16.5. The van der Waals surface area contributed by atoms with E-state index in [9.17, 15) is 9.59 Å². The molecule has 2 aromatic carbocycles. The average molecular weight is 341 g/mol. The fourth-order valence-corrected chi connectivity index (χ4v) is 2.24. The Morgan fingerprint density at radius 3 is 2.40 bits per heavy atom. The number of benzene rings is 2. The third kappa shape index (κ3) is 5.53. The van der Waals surface area contributed by atoms with Crippen LogP contribution >= 0.6 is 0 Å². The second kappa shape index (κ2) is 8.73. The van der Waals surface area contributed by atoms with Gasteiger partial charge in [-0.05, 0) is 38.1 Å². The molecule has 6 nitrogen and oxygen atoms in total. The summed E-state index contributed by atoms with van der Waals surface area (Å²) in [7, 11) is 1.56. The molecule has 0 atom stereocenters. The molecule has 0 aromatic heterocycles. The van der Waals surface area contributed by atoms with Gasteiger partial charge in [0.05, 0.1) is 7.11 Å². The highest BCUT2D eigenvalue weighted by molar-refractivity contribution is 5.97. The first-order chi connectivity index (χ1) is 12.0. The molecule has 0 bridgehead atoms. The molecule has 3 amide bonds. The summed E-state index contributed by atoms with van der Waals surface area (Å²) in [5, 5.41) is 5.56. The first-order valence-corrected chi connectivity index (χ1v) is 8.08. The Morgan fingerprint density at radius 1 is 1.04 bits per heavy atom. The van der Waals surface area contributed by atoms with E-state index in [2.05, 4.69) is 10.6 Å². The van der Waals surface area contributed by atoms with Gasteiger partial charge < -0.3 is 20.3 Å². The van der Waals surface area contributed by atoms with Crippen LogP contribution in [0.25, 0.3) is 0 Å². The van der Waals surface area contributed by atoms with Crippen molar-refractivity contribution >= 4 is 23.3 Å². The van der Waals surface area contributed by atoms with E-state index in [0.29, 0.717) is 23.7 Å². The van der Waals surface area contributed by atoms with Gasteiger partial charge in [-0.25, -0.2) is 4.79 Å². The molecular formula is C19H23N3O3. The number of aryl methyl sites for hydroxylation is 1. The molecule has 2 rings (SSSR count). The Bertz CT molecular complexity index is 729.